The predicted octanol–water partition coefficient (Wildman–Crippen LogP) is 2.49. The minimum Gasteiger partial charge on any atom is -0.515 e. The summed E-state index contributed by atoms with van der Waals surface area (Å²) in [5.74, 6) is -0.664. The van der Waals surface area contributed by atoms with Crippen molar-refractivity contribution < 1.29 is 29.8 Å². The third-order valence-corrected chi connectivity index (χ3v) is 3.31. The molecule has 29 heavy (non-hydrogen) atoms. The fourth-order valence-electron chi connectivity index (χ4n) is 1.87. The number of thiol groups is 2. The van der Waals surface area contributed by atoms with Crippen molar-refractivity contribution >= 4 is 46.1 Å². The zero-order valence-electron chi connectivity index (χ0n) is 15.5. The minimum absolute atomic E-state index is 0. The smallest absolute Gasteiger partial charge is 0.515 e. The van der Waals surface area contributed by atoms with Gasteiger partial charge >= 0.3 is 21.1 Å². The summed E-state index contributed by atoms with van der Waals surface area (Å²) in [5.41, 5.74) is 19.1. The first-order chi connectivity index (χ1) is 13.2. The van der Waals surface area contributed by atoms with Gasteiger partial charge in [-0.3, -0.25) is 11.5 Å². The fraction of sp³-hybridized carbons (Fsp3) is 0.111. The molecule has 0 saturated heterocycles. The number of nitrogens with zero attached hydrogens (tertiary/aromatic N) is 4. The molecule has 156 valence electrons. The molecule has 0 aliphatic rings. The fourth-order valence-corrected chi connectivity index (χ4v) is 1.96. The van der Waals surface area contributed by atoms with Crippen molar-refractivity contribution in [3.63, 3.8) is 0 Å². The number of benzene rings is 2. The van der Waals surface area contributed by atoms with Crippen LogP contribution >= 0.6 is 0 Å². The second kappa shape index (κ2) is 14.1. The third kappa shape index (κ3) is 10.4. The van der Waals surface area contributed by atoms with Gasteiger partial charge in [0.2, 0.25) is 0 Å². The molecule has 0 saturated carbocycles. The van der Waals surface area contributed by atoms with Crippen molar-refractivity contribution in [2.24, 2.45) is 21.7 Å². The molecule has 0 aliphatic heterocycles. The van der Waals surface area contributed by atoms with Gasteiger partial charge in [0.15, 0.2) is 34.7 Å². The monoisotopic (exact) mass is 617 g/mol. The molecule has 0 spiro atoms. The minimum atomic E-state index is -0.332. The van der Waals surface area contributed by atoms with E-state index in [2.05, 4.69) is 45.5 Å². The quantitative estimate of drug-likeness (QED) is 0.181. The maximum absolute atomic E-state index is 13.2. The predicted molar refractivity (Wildman–Crippen MR) is 120 cm³/mol. The van der Waals surface area contributed by atoms with E-state index in [1.807, 2.05) is 0 Å². The van der Waals surface area contributed by atoms with Gasteiger partial charge in [-0.2, -0.15) is 0 Å². The van der Waals surface area contributed by atoms with Crippen LogP contribution in [0.5, 0.6) is 0 Å². The third-order valence-electron chi connectivity index (χ3n) is 3.13. The van der Waals surface area contributed by atoms with Crippen LogP contribution in [0.25, 0.3) is 10.9 Å². The van der Waals surface area contributed by atoms with Crippen molar-refractivity contribution in [3.8, 4) is 0 Å². The van der Waals surface area contributed by atoms with Crippen molar-refractivity contribution in [2.45, 2.75) is 13.8 Å². The summed E-state index contributed by atoms with van der Waals surface area (Å²) in [6.45, 7) is 3.30. The summed E-state index contributed by atoms with van der Waals surface area (Å²) in [7, 11) is 0. The van der Waals surface area contributed by atoms with Gasteiger partial charge in [0.25, 0.3) is 0 Å². The summed E-state index contributed by atoms with van der Waals surface area (Å²) in [4.78, 5) is 0. The van der Waals surface area contributed by atoms with E-state index in [0.29, 0.717) is 22.6 Å². The molecule has 0 atom stereocenters. The molecule has 11 heteroatoms. The maximum atomic E-state index is 13.2. The van der Waals surface area contributed by atoms with Crippen LogP contribution in [0.15, 0.2) is 58.7 Å². The van der Waals surface area contributed by atoms with E-state index in [1.165, 1.54) is 12.1 Å². The SMILES string of the molecule is CC(=N[N-]C(N)=[SH+])c1ccccc1F.CC(=N[N-]C(N)=[SH+])c1ccccc1F.[Pt+2]. The van der Waals surface area contributed by atoms with E-state index in [4.69, 9.17) is 11.5 Å². The summed E-state index contributed by atoms with van der Waals surface area (Å²) in [5, 5.41) is 7.52. The second-order valence-corrected chi connectivity index (χ2v) is 6.16. The van der Waals surface area contributed by atoms with Crippen LogP contribution in [0.1, 0.15) is 25.0 Å². The molecule has 0 bridgehead atoms. The van der Waals surface area contributed by atoms with Gasteiger partial charge < -0.3 is 21.1 Å². The molecule has 2 aromatic rings. The first kappa shape index (κ1) is 27.0. The molecule has 2 rings (SSSR count). The van der Waals surface area contributed by atoms with Crippen LogP contribution in [0, 0.1) is 11.6 Å². The summed E-state index contributed by atoms with van der Waals surface area (Å²) >= 11 is 7.48. The zero-order chi connectivity index (χ0) is 21.1. The van der Waals surface area contributed by atoms with Gasteiger partial charge in [-0.25, -0.2) is 8.78 Å². The number of hydrogen-bond donors (Lipinski definition) is 2. The van der Waals surface area contributed by atoms with Crippen molar-refractivity contribution in [3.05, 3.63) is 82.1 Å². The first-order valence-electron chi connectivity index (χ1n) is 7.85. The Morgan fingerprint density at radius 3 is 1.34 bits per heavy atom. The number of hydrogen-bond acceptors (Lipinski definition) is 2. The van der Waals surface area contributed by atoms with E-state index >= 15 is 0 Å². The molecule has 2 aromatic carbocycles. The standard InChI is InChI=1S/2C9H10FN3S.Pt/c2*1-6(12-13-9(11)14)7-4-2-3-5-8(7)10;/h2*2-5H,1H3,(H3,11,13,14);/q;;+2. The van der Waals surface area contributed by atoms with E-state index in [9.17, 15) is 8.78 Å². The van der Waals surface area contributed by atoms with E-state index in [0.717, 1.165) is 0 Å². The molecule has 0 heterocycles. The van der Waals surface area contributed by atoms with E-state index < -0.39 is 0 Å². The van der Waals surface area contributed by atoms with Crippen LogP contribution in [0.2, 0.25) is 0 Å². The molecule has 0 fully saturated rings. The molecule has 0 radical (unpaired) electrons. The van der Waals surface area contributed by atoms with Crippen molar-refractivity contribution in [2.75, 3.05) is 0 Å². The topological polar surface area (TPSA) is 105 Å². The Morgan fingerprint density at radius 2 is 1.07 bits per heavy atom. The summed E-state index contributed by atoms with van der Waals surface area (Å²) in [6, 6.07) is 12.7. The van der Waals surface area contributed by atoms with E-state index in [-0.39, 0.29) is 42.9 Å². The summed E-state index contributed by atoms with van der Waals surface area (Å²) < 4.78 is 26.4. The van der Waals surface area contributed by atoms with Gasteiger partial charge in [0.1, 0.15) is 11.6 Å². The van der Waals surface area contributed by atoms with Crippen LogP contribution in [0.4, 0.5) is 8.78 Å². The Balaban J connectivity index is 0.000000523. The van der Waals surface area contributed by atoms with Crippen LogP contribution in [-0.2, 0) is 45.5 Å². The van der Waals surface area contributed by atoms with Gasteiger partial charge in [0.05, 0.1) is 0 Å². The van der Waals surface area contributed by atoms with Crippen molar-refractivity contribution in [1.82, 2.24) is 0 Å². The average molecular weight is 618 g/mol. The number of rotatable bonds is 4. The Labute approximate surface area is 193 Å². The zero-order valence-corrected chi connectivity index (χ0v) is 19.6. The average Bonchev–Trinajstić information content (AvgIpc) is 2.65. The maximum Gasteiger partial charge on any atom is 2.00 e. The Hall–Kier alpha value is -1.97. The van der Waals surface area contributed by atoms with Crippen LogP contribution < -0.4 is 11.5 Å². The molecule has 0 aliphatic carbocycles. The van der Waals surface area contributed by atoms with E-state index in [1.54, 1.807) is 50.2 Å². The molecular formula is C18H20F2N6PtS2+2. The number of halogens is 2. The summed E-state index contributed by atoms with van der Waals surface area (Å²) in [6.07, 6.45) is 0. The van der Waals surface area contributed by atoms with Gasteiger partial charge in [-0.05, 0) is 26.0 Å². The molecule has 6 nitrogen and oxygen atoms in total. The largest absolute Gasteiger partial charge is 2.00 e. The molecular weight excluding hydrogens is 597 g/mol. The van der Waals surface area contributed by atoms with Gasteiger partial charge in [0, 0.05) is 22.6 Å². The van der Waals surface area contributed by atoms with Crippen LogP contribution in [-0.4, -0.2) is 21.6 Å². The molecule has 0 amide bonds. The van der Waals surface area contributed by atoms with Crippen LogP contribution in [0.3, 0.4) is 0 Å². The first-order valence-corrected chi connectivity index (χ1v) is 8.75. The molecule has 0 aromatic heterocycles. The van der Waals surface area contributed by atoms with Crippen molar-refractivity contribution in [1.29, 1.82) is 0 Å². The molecule has 4 N–H and O–H groups in total. The molecule has 0 unspecified atom stereocenters. The number of nitrogens with two attached hydrogens (primary N) is 2. The second-order valence-electron chi connectivity index (χ2n) is 5.25. The van der Waals surface area contributed by atoms with Gasteiger partial charge in [-0.15, -0.1) is 0 Å². The Bertz CT molecular complexity index is 832. The van der Waals surface area contributed by atoms with Gasteiger partial charge in [-0.1, -0.05) is 36.4 Å². The Morgan fingerprint density at radius 1 is 0.759 bits per heavy atom. The Kier molecular flexibility index (Phi) is 13.1. The normalized spacial score (nSPS) is 10.8.